The van der Waals surface area contributed by atoms with Crippen LogP contribution < -0.4 is 0 Å². The molecule has 1 heterocycles. The molecule has 0 saturated heterocycles. The quantitative estimate of drug-likeness (QED) is 0.719. The second kappa shape index (κ2) is 4.23. The fourth-order valence-corrected chi connectivity index (χ4v) is 1.58. The predicted octanol–water partition coefficient (Wildman–Crippen LogP) is 2.65. The van der Waals surface area contributed by atoms with Gasteiger partial charge in [0.15, 0.2) is 11.6 Å². The van der Waals surface area contributed by atoms with Gasteiger partial charge in [0, 0.05) is 23.5 Å². The second-order valence-electron chi connectivity index (χ2n) is 3.68. The van der Waals surface area contributed by atoms with E-state index in [0.29, 0.717) is 11.4 Å². The van der Waals surface area contributed by atoms with Gasteiger partial charge in [-0.3, -0.25) is 4.79 Å². The lowest BCUT2D eigenvalue weighted by atomic mass is 10.0. The summed E-state index contributed by atoms with van der Waals surface area (Å²) >= 11 is 0. The maximum absolute atomic E-state index is 11.5. The number of aryl methyl sites for hydroxylation is 1. The Morgan fingerprint density at radius 1 is 1.19 bits per heavy atom. The predicted molar refractivity (Wildman–Crippen MR) is 62.2 cm³/mol. The maximum Gasteiger partial charge on any atom is 0.160 e. The minimum Gasteiger partial charge on any atom is -0.294 e. The fraction of sp³-hybridized carbons (Fsp3) is 0.154. The Labute approximate surface area is 94.2 Å². The van der Waals surface area contributed by atoms with Crippen LogP contribution in [0.5, 0.6) is 0 Å². The molecule has 1 aromatic carbocycles. The largest absolute Gasteiger partial charge is 0.294 e. The number of ketones is 1. The Morgan fingerprint density at radius 2 is 1.88 bits per heavy atom. The van der Waals surface area contributed by atoms with Crippen LogP contribution >= 0.6 is 0 Å². The molecular formula is C13H12N2O. The number of hydrogen-bond acceptors (Lipinski definition) is 3. The molecule has 2 aromatic rings. The highest BCUT2D eigenvalue weighted by atomic mass is 16.1. The Morgan fingerprint density at radius 3 is 2.50 bits per heavy atom. The van der Waals surface area contributed by atoms with E-state index in [1.165, 1.54) is 0 Å². The highest BCUT2D eigenvalue weighted by molar-refractivity contribution is 6.00. The molecule has 0 bridgehead atoms. The molecule has 0 atom stereocenters. The van der Waals surface area contributed by atoms with Crippen molar-refractivity contribution in [3.8, 4) is 11.4 Å². The molecule has 0 amide bonds. The van der Waals surface area contributed by atoms with Crippen molar-refractivity contribution in [2.24, 2.45) is 0 Å². The van der Waals surface area contributed by atoms with Crippen molar-refractivity contribution in [2.45, 2.75) is 13.8 Å². The van der Waals surface area contributed by atoms with E-state index < -0.39 is 0 Å². The van der Waals surface area contributed by atoms with Gasteiger partial charge in [-0.05, 0) is 26.0 Å². The summed E-state index contributed by atoms with van der Waals surface area (Å²) in [4.78, 5) is 19.9. The van der Waals surface area contributed by atoms with Gasteiger partial charge in [-0.2, -0.15) is 0 Å². The Hall–Kier alpha value is -2.03. The average molecular weight is 212 g/mol. The minimum absolute atomic E-state index is 0.0335. The van der Waals surface area contributed by atoms with E-state index in [0.717, 1.165) is 11.1 Å². The van der Waals surface area contributed by atoms with Crippen molar-refractivity contribution in [3.05, 3.63) is 47.8 Å². The monoisotopic (exact) mass is 212 g/mol. The van der Waals surface area contributed by atoms with Gasteiger partial charge >= 0.3 is 0 Å². The van der Waals surface area contributed by atoms with E-state index in [-0.39, 0.29) is 5.78 Å². The summed E-state index contributed by atoms with van der Waals surface area (Å²) in [6, 6.07) is 7.47. The molecule has 3 heteroatoms. The molecule has 16 heavy (non-hydrogen) atoms. The molecule has 1 aromatic heterocycles. The first-order valence-electron chi connectivity index (χ1n) is 5.07. The molecule has 2 rings (SSSR count). The van der Waals surface area contributed by atoms with Crippen LogP contribution in [0.1, 0.15) is 22.8 Å². The van der Waals surface area contributed by atoms with Crippen LogP contribution in [0.4, 0.5) is 0 Å². The first kappa shape index (κ1) is 10.5. The first-order chi connectivity index (χ1) is 7.68. The van der Waals surface area contributed by atoms with Gasteiger partial charge in [-0.15, -0.1) is 0 Å². The van der Waals surface area contributed by atoms with Crippen LogP contribution in [0.25, 0.3) is 11.4 Å². The highest BCUT2D eigenvalue weighted by Gasteiger charge is 2.10. The molecule has 0 fully saturated rings. The second-order valence-corrected chi connectivity index (χ2v) is 3.68. The summed E-state index contributed by atoms with van der Waals surface area (Å²) in [7, 11) is 0. The lowest BCUT2D eigenvalue weighted by molar-refractivity contribution is 0.101. The Kier molecular flexibility index (Phi) is 2.77. The zero-order valence-electron chi connectivity index (χ0n) is 9.27. The maximum atomic E-state index is 11.5. The van der Waals surface area contributed by atoms with E-state index in [2.05, 4.69) is 9.97 Å². The van der Waals surface area contributed by atoms with Crippen molar-refractivity contribution in [1.29, 1.82) is 0 Å². The number of Topliss-reactive ketones (excluding diaryl/α,β-unsaturated/α-hetero) is 1. The topological polar surface area (TPSA) is 42.9 Å². The smallest absolute Gasteiger partial charge is 0.160 e. The van der Waals surface area contributed by atoms with Crippen LogP contribution in [0.2, 0.25) is 0 Å². The first-order valence-corrected chi connectivity index (χ1v) is 5.07. The van der Waals surface area contributed by atoms with E-state index in [9.17, 15) is 4.79 Å². The Balaban J connectivity index is 2.61. The molecule has 0 aliphatic rings. The molecule has 0 aliphatic heterocycles. The number of rotatable bonds is 2. The van der Waals surface area contributed by atoms with Crippen molar-refractivity contribution in [2.75, 3.05) is 0 Å². The van der Waals surface area contributed by atoms with Crippen LogP contribution in [-0.2, 0) is 0 Å². The standard InChI is InChI=1S/C13H12N2O/c1-9-4-5-11(12(8-9)10(2)16)13-14-6-3-7-15-13/h3-8H,1-2H3. The third kappa shape index (κ3) is 1.98. The summed E-state index contributed by atoms with van der Waals surface area (Å²) in [6.07, 6.45) is 3.35. The number of benzene rings is 1. The third-order valence-electron chi connectivity index (χ3n) is 2.36. The van der Waals surface area contributed by atoms with Crippen LogP contribution in [0.3, 0.4) is 0 Å². The van der Waals surface area contributed by atoms with Crippen LogP contribution in [-0.4, -0.2) is 15.8 Å². The number of nitrogens with zero attached hydrogens (tertiary/aromatic N) is 2. The molecule has 0 N–H and O–H groups in total. The fourth-order valence-electron chi connectivity index (χ4n) is 1.58. The summed E-state index contributed by atoms with van der Waals surface area (Å²) in [6.45, 7) is 3.52. The minimum atomic E-state index is 0.0335. The highest BCUT2D eigenvalue weighted by Crippen LogP contribution is 2.21. The van der Waals surface area contributed by atoms with Gasteiger partial charge in [0.2, 0.25) is 0 Å². The zero-order valence-corrected chi connectivity index (χ0v) is 9.27. The molecule has 0 spiro atoms. The summed E-state index contributed by atoms with van der Waals surface area (Å²) < 4.78 is 0. The normalized spacial score (nSPS) is 10.1. The molecule has 3 nitrogen and oxygen atoms in total. The van der Waals surface area contributed by atoms with Crippen LogP contribution in [0.15, 0.2) is 36.7 Å². The van der Waals surface area contributed by atoms with Crippen molar-refractivity contribution in [3.63, 3.8) is 0 Å². The lowest BCUT2D eigenvalue weighted by Gasteiger charge is -2.06. The number of carbonyl (C=O) groups is 1. The van der Waals surface area contributed by atoms with Gasteiger partial charge in [0.1, 0.15) is 0 Å². The number of carbonyl (C=O) groups excluding carboxylic acids is 1. The van der Waals surface area contributed by atoms with E-state index in [4.69, 9.17) is 0 Å². The van der Waals surface area contributed by atoms with Crippen molar-refractivity contribution in [1.82, 2.24) is 9.97 Å². The zero-order chi connectivity index (χ0) is 11.5. The van der Waals surface area contributed by atoms with E-state index in [1.54, 1.807) is 25.4 Å². The van der Waals surface area contributed by atoms with E-state index >= 15 is 0 Å². The van der Waals surface area contributed by atoms with Gasteiger partial charge in [0.05, 0.1) is 0 Å². The van der Waals surface area contributed by atoms with Gasteiger partial charge < -0.3 is 0 Å². The number of hydrogen-bond donors (Lipinski definition) is 0. The average Bonchev–Trinajstić information content (AvgIpc) is 2.30. The molecule has 0 aliphatic carbocycles. The number of aromatic nitrogens is 2. The molecule has 0 unspecified atom stereocenters. The summed E-state index contributed by atoms with van der Waals surface area (Å²) in [5.74, 6) is 0.624. The van der Waals surface area contributed by atoms with Gasteiger partial charge in [-0.25, -0.2) is 9.97 Å². The molecule has 0 saturated carbocycles. The van der Waals surface area contributed by atoms with Gasteiger partial charge in [0.25, 0.3) is 0 Å². The summed E-state index contributed by atoms with van der Waals surface area (Å²) in [5, 5.41) is 0. The summed E-state index contributed by atoms with van der Waals surface area (Å²) in [5.41, 5.74) is 2.52. The lowest BCUT2D eigenvalue weighted by Crippen LogP contribution is -1.99. The molecular weight excluding hydrogens is 200 g/mol. The SMILES string of the molecule is CC(=O)c1cc(C)ccc1-c1ncccn1. The van der Waals surface area contributed by atoms with Crippen LogP contribution in [0, 0.1) is 6.92 Å². The van der Waals surface area contributed by atoms with Crippen molar-refractivity contribution < 1.29 is 4.79 Å². The molecule has 0 radical (unpaired) electrons. The third-order valence-corrected chi connectivity index (χ3v) is 2.36. The Bertz CT molecular complexity index is 521. The van der Waals surface area contributed by atoms with E-state index in [1.807, 2.05) is 25.1 Å². The molecule has 80 valence electrons. The van der Waals surface area contributed by atoms with Crippen molar-refractivity contribution >= 4 is 5.78 Å². The van der Waals surface area contributed by atoms with Gasteiger partial charge in [-0.1, -0.05) is 17.7 Å².